The number of dihydropyridines is 1. The van der Waals surface area contributed by atoms with Crippen molar-refractivity contribution in [2.24, 2.45) is 0 Å². The first-order valence-electron chi connectivity index (χ1n) is 10.8. The summed E-state index contributed by atoms with van der Waals surface area (Å²) in [5.41, 5.74) is 1.69. The summed E-state index contributed by atoms with van der Waals surface area (Å²) in [6.07, 6.45) is -0.329. The number of ketones is 1. The Morgan fingerprint density at radius 1 is 1.03 bits per heavy atom. The zero-order chi connectivity index (χ0) is 26.1. The molecular weight excluding hydrogens is 517 g/mol. The molecule has 0 saturated heterocycles. The summed E-state index contributed by atoms with van der Waals surface area (Å²) in [5.74, 6) is -2.88. The Labute approximate surface area is 218 Å². The van der Waals surface area contributed by atoms with Crippen LogP contribution in [0.15, 0.2) is 40.7 Å². The second kappa shape index (κ2) is 13.6. The fourth-order valence-corrected chi connectivity index (χ4v) is 4.87. The standard InChI is InChI=1S/C24H27Cl2NO7S/c1-5-33-18(29)10-14(28)11-35-12-17-21(24(31)34-6-2)20(15-8-7-9-16(25)22(15)26)19(13(3)27-17)23(30)32-4/h7-9,20,27H,5-6,10-12H2,1-4H3. The molecule has 1 aliphatic heterocycles. The maximum atomic E-state index is 13.2. The Morgan fingerprint density at radius 3 is 2.34 bits per heavy atom. The summed E-state index contributed by atoms with van der Waals surface area (Å²) in [7, 11) is 1.24. The number of hydrogen-bond donors (Lipinski definition) is 1. The molecule has 11 heteroatoms. The highest BCUT2D eigenvalue weighted by Crippen LogP contribution is 2.44. The molecule has 35 heavy (non-hydrogen) atoms. The monoisotopic (exact) mass is 543 g/mol. The summed E-state index contributed by atoms with van der Waals surface area (Å²) in [5, 5.41) is 3.54. The molecule has 1 aliphatic rings. The van der Waals surface area contributed by atoms with Crippen LogP contribution in [0.5, 0.6) is 0 Å². The number of benzene rings is 1. The second-order valence-electron chi connectivity index (χ2n) is 7.36. The Kier molecular flexibility index (Phi) is 11.1. The molecule has 0 aliphatic carbocycles. The molecule has 8 nitrogen and oxygen atoms in total. The average Bonchev–Trinajstić information content (AvgIpc) is 2.80. The summed E-state index contributed by atoms with van der Waals surface area (Å²) < 4.78 is 15.1. The summed E-state index contributed by atoms with van der Waals surface area (Å²) in [6, 6.07) is 4.94. The van der Waals surface area contributed by atoms with E-state index in [1.54, 1.807) is 39.0 Å². The number of carbonyl (C=O) groups excluding carboxylic acids is 4. The predicted molar refractivity (Wildman–Crippen MR) is 134 cm³/mol. The Hall–Kier alpha value is -2.49. The van der Waals surface area contributed by atoms with Crippen LogP contribution in [0, 0.1) is 0 Å². The van der Waals surface area contributed by atoms with Crippen LogP contribution >= 0.6 is 35.0 Å². The van der Waals surface area contributed by atoms with Crippen molar-refractivity contribution < 1.29 is 33.4 Å². The van der Waals surface area contributed by atoms with E-state index in [1.165, 1.54) is 18.9 Å². The molecule has 1 unspecified atom stereocenters. The lowest BCUT2D eigenvalue weighted by Gasteiger charge is -2.32. The molecule has 1 heterocycles. The van der Waals surface area contributed by atoms with E-state index in [0.29, 0.717) is 17.0 Å². The highest BCUT2D eigenvalue weighted by Gasteiger charge is 2.39. The van der Waals surface area contributed by atoms with E-state index in [-0.39, 0.29) is 58.1 Å². The van der Waals surface area contributed by atoms with Crippen molar-refractivity contribution in [2.45, 2.75) is 33.1 Å². The first kappa shape index (κ1) is 28.7. The zero-order valence-electron chi connectivity index (χ0n) is 19.9. The number of carbonyl (C=O) groups is 4. The maximum Gasteiger partial charge on any atom is 0.336 e. The van der Waals surface area contributed by atoms with E-state index < -0.39 is 23.8 Å². The number of esters is 3. The van der Waals surface area contributed by atoms with Gasteiger partial charge in [0.1, 0.15) is 6.42 Å². The molecule has 2 rings (SSSR count). The number of Topliss-reactive ketones (excluding diaryl/α,β-unsaturated/α-hetero) is 1. The van der Waals surface area contributed by atoms with Crippen molar-refractivity contribution in [1.82, 2.24) is 5.32 Å². The number of halogens is 2. The lowest BCUT2D eigenvalue weighted by molar-refractivity contribution is -0.145. The average molecular weight is 544 g/mol. The number of methoxy groups -OCH3 is 1. The molecule has 0 amide bonds. The number of rotatable bonds is 11. The zero-order valence-corrected chi connectivity index (χ0v) is 22.2. The minimum absolute atomic E-state index is 0.0231. The minimum Gasteiger partial charge on any atom is -0.466 e. The number of nitrogens with one attached hydrogen (secondary N) is 1. The van der Waals surface area contributed by atoms with Gasteiger partial charge in [-0.15, -0.1) is 11.8 Å². The Balaban J connectivity index is 2.49. The molecular formula is C24H27Cl2NO7S. The van der Waals surface area contributed by atoms with Crippen molar-refractivity contribution in [3.63, 3.8) is 0 Å². The van der Waals surface area contributed by atoms with E-state index in [0.717, 1.165) is 0 Å². The Bertz CT molecular complexity index is 1070. The van der Waals surface area contributed by atoms with Crippen LogP contribution in [-0.4, -0.2) is 55.5 Å². The molecule has 0 fully saturated rings. The van der Waals surface area contributed by atoms with Crippen LogP contribution in [0.2, 0.25) is 10.0 Å². The minimum atomic E-state index is -0.917. The van der Waals surface area contributed by atoms with Gasteiger partial charge in [-0.25, -0.2) is 9.59 Å². The summed E-state index contributed by atoms with van der Waals surface area (Å²) in [4.78, 5) is 49.6. The molecule has 1 aromatic carbocycles. The Morgan fingerprint density at radius 2 is 1.71 bits per heavy atom. The first-order chi connectivity index (χ1) is 16.7. The third kappa shape index (κ3) is 7.25. The van der Waals surface area contributed by atoms with Gasteiger partial charge in [-0.05, 0) is 32.4 Å². The molecule has 190 valence electrons. The lowest BCUT2D eigenvalue weighted by Crippen LogP contribution is -2.34. The molecule has 0 saturated carbocycles. The molecule has 0 bridgehead atoms. The second-order valence-corrected chi connectivity index (χ2v) is 9.13. The van der Waals surface area contributed by atoms with Crippen LogP contribution in [0.25, 0.3) is 0 Å². The van der Waals surface area contributed by atoms with Gasteiger partial charge >= 0.3 is 17.9 Å². The van der Waals surface area contributed by atoms with Gasteiger partial charge < -0.3 is 19.5 Å². The van der Waals surface area contributed by atoms with E-state index >= 15 is 0 Å². The van der Waals surface area contributed by atoms with Gasteiger partial charge in [0.15, 0.2) is 5.78 Å². The van der Waals surface area contributed by atoms with E-state index in [2.05, 4.69) is 5.32 Å². The van der Waals surface area contributed by atoms with E-state index in [9.17, 15) is 19.2 Å². The largest absolute Gasteiger partial charge is 0.466 e. The van der Waals surface area contributed by atoms with Gasteiger partial charge in [0.05, 0.1) is 53.2 Å². The first-order valence-corrected chi connectivity index (χ1v) is 12.7. The molecule has 0 radical (unpaired) electrons. The number of allylic oxidation sites excluding steroid dienone is 1. The van der Waals surface area contributed by atoms with Crippen LogP contribution in [0.3, 0.4) is 0 Å². The van der Waals surface area contributed by atoms with Gasteiger partial charge in [-0.1, -0.05) is 35.3 Å². The van der Waals surface area contributed by atoms with Crippen molar-refractivity contribution in [3.05, 3.63) is 56.3 Å². The fraction of sp³-hybridized carbons (Fsp3) is 0.417. The lowest BCUT2D eigenvalue weighted by atomic mass is 9.80. The van der Waals surface area contributed by atoms with Gasteiger partial charge in [0, 0.05) is 17.1 Å². The molecule has 1 aromatic rings. The number of thioether (sulfide) groups is 1. The van der Waals surface area contributed by atoms with Crippen molar-refractivity contribution in [2.75, 3.05) is 31.8 Å². The number of ether oxygens (including phenoxy) is 3. The van der Waals surface area contributed by atoms with Gasteiger partial charge in [-0.2, -0.15) is 0 Å². The van der Waals surface area contributed by atoms with Crippen LogP contribution in [0.4, 0.5) is 0 Å². The SMILES string of the molecule is CCOC(=O)CC(=O)CSCC1=C(C(=O)OCC)C(c2cccc(Cl)c2Cl)C(C(=O)OC)=C(C)N1. The fourth-order valence-electron chi connectivity index (χ4n) is 3.59. The molecule has 0 aromatic heterocycles. The molecule has 1 atom stereocenters. The quantitative estimate of drug-likeness (QED) is 0.249. The highest BCUT2D eigenvalue weighted by atomic mass is 35.5. The highest BCUT2D eigenvalue weighted by molar-refractivity contribution is 8.00. The van der Waals surface area contributed by atoms with Crippen molar-refractivity contribution >= 4 is 58.7 Å². The maximum absolute atomic E-state index is 13.2. The molecule has 1 N–H and O–H groups in total. The molecule has 0 spiro atoms. The third-order valence-corrected chi connectivity index (χ3v) is 6.85. The normalized spacial score (nSPS) is 15.4. The predicted octanol–water partition coefficient (Wildman–Crippen LogP) is 4.20. The smallest absolute Gasteiger partial charge is 0.336 e. The van der Waals surface area contributed by atoms with Crippen LogP contribution in [0.1, 0.15) is 38.7 Å². The summed E-state index contributed by atoms with van der Waals surface area (Å²) >= 11 is 14.0. The topological polar surface area (TPSA) is 108 Å². The van der Waals surface area contributed by atoms with Crippen molar-refractivity contribution in [3.8, 4) is 0 Å². The van der Waals surface area contributed by atoms with Crippen molar-refractivity contribution in [1.29, 1.82) is 0 Å². The van der Waals surface area contributed by atoms with Gasteiger partial charge in [0.2, 0.25) is 0 Å². The van der Waals surface area contributed by atoms with Crippen LogP contribution < -0.4 is 5.32 Å². The van der Waals surface area contributed by atoms with Gasteiger partial charge in [0.25, 0.3) is 0 Å². The third-order valence-electron chi connectivity index (χ3n) is 4.99. The summed E-state index contributed by atoms with van der Waals surface area (Å²) in [6.45, 7) is 5.31. The van der Waals surface area contributed by atoms with Gasteiger partial charge in [-0.3, -0.25) is 9.59 Å². The number of hydrogen-bond acceptors (Lipinski definition) is 9. The van der Waals surface area contributed by atoms with E-state index in [1.807, 2.05) is 0 Å². The van der Waals surface area contributed by atoms with Crippen LogP contribution in [-0.2, 0) is 33.4 Å². The van der Waals surface area contributed by atoms with E-state index in [4.69, 9.17) is 37.4 Å².